The molecule has 2 amide bonds. The molecule has 1 aliphatic rings. The highest BCUT2D eigenvalue weighted by Crippen LogP contribution is 2.17. The first-order valence-corrected chi connectivity index (χ1v) is 10.4. The number of hydrogen-bond donors (Lipinski definition) is 2. The van der Waals surface area contributed by atoms with E-state index in [1.54, 1.807) is 6.07 Å². The number of benzene rings is 2. The van der Waals surface area contributed by atoms with E-state index in [2.05, 4.69) is 33.2 Å². The zero-order chi connectivity index (χ0) is 19.1. The maximum Gasteiger partial charge on any atom is 0.253 e. The van der Waals surface area contributed by atoms with Crippen molar-refractivity contribution < 1.29 is 9.59 Å². The molecule has 0 aromatic heterocycles. The second kappa shape index (κ2) is 9.73. The van der Waals surface area contributed by atoms with Crippen LogP contribution < -0.4 is 10.6 Å². The van der Waals surface area contributed by atoms with E-state index in [9.17, 15) is 9.59 Å². The molecule has 1 aliphatic heterocycles. The molecule has 2 N–H and O–H groups in total. The van der Waals surface area contributed by atoms with E-state index in [-0.39, 0.29) is 18.4 Å². The summed E-state index contributed by atoms with van der Waals surface area (Å²) in [6.45, 7) is 1.80. The molecule has 1 saturated heterocycles. The Balaban J connectivity index is 1.57. The van der Waals surface area contributed by atoms with Gasteiger partial charge in [0.05, 0.1) is 6.54 Å². The van der Waals surface area contributed by atoms with Crippen molar-refractivity contribution in [3.05, 3.63) is 57.7 Å². The molecule has 0 radical (unpaired) electrons. The third-order valence-corrected chi connectivity index (χ3v) is 5.30. The summed E-state index contributed by atoms with van der Waals surface area (Å²) in [4.78, 5) is 26.9. The number of rotatable bonds is 5. The van der Waals surface area contributed by atoms with Crippen LogP contribution in [0, 0.1) is 3.57 Å². The van der Waals surface area contributed by atoms with Crippen molar-refractivity contribution in [2.24, 2.45) is 0 Å². The van der Waals surface area contributed by atoms with Gasteiger partial charge in [-0.3, -0.25) is 9.59 Å². The standard InChI is InChI=1S/C21H24IN3O2/c22-17-8-10-18(11-9-17)23-15-20(26)24-19-7-5-6-16(14-19)21(27)25-12-3-1-2-4-13-25/h5-11,14,23H,1-4,12-13,15H2,(H,24,26). The van der Waals surface area contributed by atoms with E-state index < -0.39 is 0 Å². The molecule has 6 heteroatoms. The van der Waals surface area contributed by atoms with E-state index in [0.29, 0.717) is 11.3 Å². The lowest BCUT2D eigenvalue weighted by molar-refractivity contribution is -0.114. The molecular weight excluding hydrogens is 453 g/mol. The average molecular weight is 477 g/mol. The van der Waals surface area contributed by atoms with Crippen molar-refractivity contribution in [1.29, 1.82) is 0 Å². The van der Waals surface area contributed by atoms with Gasteiger partial charge < -0.3 is 15.5 Å². The van der Waals surface area contributed by atoms with Gasteiger partial charge in [-0.25, -0.2) is 0 Å². The Morgan fingerprint density at radius 3 is 2.33 bits per heavy atom. The Labute approximate surface area is 173 Å². The Morgan fingerprint density at radius 2 is 1.63 bits per heavy atom. The smallest absolute Gasteiger partial charge is 0.253 e. The maximum absolute atomic E-state index is 12.7. The van der Waals surface area contributed by atoms with Gasteiger partial charge in [-0.05, 0) is 77.9 Å². The topological polar surface area (TPSA) is 61.4 Å². The van der Waals surface area contributed by atoms with Gasteiger partial charge in [0.15, 0.2) is 0 Å². The lowest BCUT2D eigenvalue weighted by Crippen LogP contribution is -2.31. The van der Waals surface area contributed by atoms with Gasteiger partial charge in [0, 0.05) is 33.6 Å². The van der Waals surface area contributed by atoms with Crippen molar-refractivity contribution in [1.82, 2.24) is 4.90 Å². The summed E-state index contributed by atoms with van der Waals surface area (Å²) in [7, 11) is 0. The number of hydrogen-bond acceptors (Lipinski definition) is 3. The molecule has 1 heterocycles. The van der Waals surface area contributed by atoms with Crippen molar-refractivity contribution >= 4 is 45.8 Å². The molecule has 0 spiro atoms. The van der Waals surface area contributed by atoms with Crippen molar-refractivity contribution in [3.8, 4) is 0 Å². The summed E-state index contributed by atoms with van der Waals surface area (Å²) < 4.78 is 1.15. The van der Waals surface area contributed by atoms with Crippen LogP contribution in [0.4, 0.5) is 11.4 Å². The second-order valence-corrected chi connectivity index (χ2v) is 7.94. The number of nitrogens with zero attached hydrogens (tertiary/aromatic N) is 1. The van der Waals surface area contributed by atoms with Crippen LogP contribution >= 0.6 is 22.6 Å². The SMILES string of the molecule is O=C(CNc1ccc(I)cc1)Nc1cccc(C(=O)N2CCCCCC2)c1. The summed E-state index contributed by atoms with van der Waals surface area (Å²) in [5.41, 5.74) is 2.17. The first-order valence-electron chi connectivity index (χ1n) is 9.30. The minimum Gasteiger partial charge on any atom is -0.376 e. The zero-order valence-electron chi connectivity index (χ0n) is 15.2. The molecule has 2 aromatic carbocycles. The quantitative estimate of drug-likeness (QED) is 0.630. The molecule has 3 rings (SSSR count). The van der Waals surface area contributed by atoms with Gasteiger partial charge in [-0.1, -0.05) is 18.9 Å². The third-order valence-electron chi connectivity index (χ3n) is 4.58. The molecule has 142 valence electrons. The highest BCUT2D eigenvalue weighted by atomic mass is 127. The summed E-state index contributed by atoms with van der Waals surface area (Å²) in [6.07, 6.45) is 4.50. The van der Waals surface area contributed by atoms with Gasteiger partial charge >= 0.3 is 0 Å². The van der Waals surface area contributed by atoms with Crippen molar-refractivity contribution in [2.75, 3.05) is 30.3 Å². The van der Waals surface area contributed by atoms with E-state index in [4.69, 9.17) is 0 Å². The normalized spacial score (nSPS) is 14.3. The fourth-order valence-electron chi connectivity index (χ4n) is 3.14. The molecule has 0 saturated carbocycles. The lowest BCUT2D eigenvalue weighted by Gasteiger charge is -2.20. The van der Waals surface area contributed by atoms with Crippen molar-refractivity contribution in [2.45, 2.75) is 25.7 Å². The van der Waals surface area contributed by atoms with E-state index in [0.717, 1.165) is 35.2 Å². The lowest BCUT2D eigenvalue weighted by atomic mass is 10.1. The zero-order valence-corrected chi connectivity index (χ0v) is 17.4. The average Bonchev–Trinajstić information content (AvgIpc) is 2.97. The van der Waals surface area contributed by atoms with Gasteiger partial charge in [0.25, 0.3) is 5.91 Å². The van der Waals surface area contributed by atoms with Crippen molar-refractivity contribution in [3.63, 3.8) is 0 Å². The fraction of sp³-hybridized carbons (Fsp3) is 0.333. The number of halogens is 1. The van der Waals surface area contributed by atoms with E-state index in [1.165, 1.54) is 12.8 Å². The van der Waals surface area contributed by atoms with Crippen LogP contribution in [0.3, 0.4) is 0 Å². The van der Waals surface area contributed by atoms with Crippen LogP contribution in [-0.4, -0.2) is 36.3 Å². The van der Waals surface area contributed by atoms with Crippen LogP contribution in [-0.2, 0) is 4.79 Å². The fourth-order valence-corrected chi connectivity index (χ4v) is 3.50. The van der Waals surface area contributed by atoms with Gasteiger partial charge in [0.2, 0.25) is 5.91 Å². The minimum atomic E-state index is -0.145. The number of nitrogens with one attached hydrogen (secondary N) is 2. The van der Waals surface area contributed by atoms with Crippen LogP contribution in [0.25, 0.3) is 0 Å². The maximum atomic E-state index is 12.7. The van der Waals surface area contributed by atoms with Crippen LogP contribution in [0.2, 0.25) is 0 Å². The monoisotopic (exact) mass is 477 g/mol. The predicted molar refractivity (Wildman–Crippen MR) is 117 cm³/mol. The molecule has 0 bridgehead atoms. The molecule has 1 fully saturated rings. The molecule has 0 atom stereocenters. The molecule has 0 unspecified atom stereocenters. The Morgan fingerprint density at radius 1 is 0.926 bits per heavy atom. The number of amides is 2. The molecule has 2 aromatic rings. The summed E-state index contributed by atoms with van der Waals surface area (Å²) in [5, 5.41) is 5.96. The van der Waals surface area contributed by atoms with Crippen LogP contribution in [0.15, 0.2) is 48.5 Å². The number of carbonyl (C=O) groups excluding carboxylic acids is 2. The van der Waals surface area contributed by atoms with Crippen LogP contribution in [0.1, 0.15) is 36.0 Å². The summed E-state index contributed by atoms with van der Waals surface area (Å²) in [5.74, 6) is -0.0991. The minimum absolute atomic E-state index is 0.0463. The summed E-state index contributed by atoms with van der Waals surface area (Å²) in [6, 6.07) is 15.0. The van der Waals surface area contributed by atoms with Crippen LogP contribution in [0.5, 0.6) is 0 Å². The molecule has 0 aliphatic carbocycles. The van der Waals surface area contributed by atoms with Gasteiger partial charge in [-0.2, -0.15) is 0 Å². The Hall–Kier alpha value is -2.09. The van der Waals surface area contributed by atoms with E-state index >= 15 is 0 Å². The number of likely N-dealkylation sites (tertiary alicyclic amines) is 1. The third kappa shape index (κ3) is 5.95. The van der Waals surface area contributed by atoms with E-state index in [1.807, 2.05) is 47.4 Å². The Bertz CT molecular complexity index is 784. The number of anilines is 2. The molecular formula is C21H24IN3O2. The highest BCUT2D eigenvalue weighted by Gasteiger charge is 2.17. The first kappa shape index (κ1) is 19.7. The highest BCUT2D eigenvalue weighted by molar-refractivity contribution is 14.1. The first-order chi connectivity index (χ1) is 13.1. The van der Waals surface area contributed by atoms with Gasteiger partial charge in [0.1, 0.15) is 0 Å². The molecule has 27 heavy (non-hydrogen) atoms. The summed E-state index contributed by atoms with van der Waals surface area (Å²) >= 11 is 2.24. The second-order valence-electron chi connectivity index (χ2n) is 6.70. The number of carbonyl (C=O) groups is 2. The Kier molecular flexibility index (Phi) is 7.09. The molecule has 5 nitrogen and oxygen atoms in total. The largest absolute Gasteiger partial charge is 0.376 e. The predicted octanol–water partition coefficient (Wildman–Crippen LogP) is 4.36. The van der Waals surface area contributed by atoms with Gasteiger partial charge in [-0.15, -0.1) is 0 Å².